The van der Waals surface area contributed by atoms with E-state index in [1.165, 1.54) is 25.7 Å². The maximum atomic E-state index is 6.45. The van der Waals surface area contributed by atoms with Crippen molar-refractivity contribution in [1.29, 1.82) is 0 Å². The first kappa shape index (κ1) is 16.8. The highest BCUT2D eigenvalue weighted by molar-refractivity contribution is 6.31. The summed E-state index contributed by atoms with van der Waals surface area (Å²) in [5, 5.41) is 8.80. The second kappa shape index (κ2) is 6.67. The van der Waals surface area contributed by atoms with Gasteiger partial charge in [-0.3, -0.25) is 4.68 Å². The van der Waals surface area contributed by atoms with E-state index in [4.69, 9.17) is 11.6 Å². The molecule has 1 N–H and O–H groups in total. The van der Waals surface area contributed by atoms with Gasteiger partial charge in [-0.1, -0.05) is 25.4 Å². The Hall–Kier alpha value is -0.580. The van der Waals surface area contributed by atoms with Gasteiger partial charge in [0.05, 0.1) is 23.0 Å². The Morgan fingerprint density at radius 3 is 2.52 bits per heavy atom. The van der Waals surface area contributed by atoms with Crippen molar-refractivity contribution in [3.63, 3.8) is 0 Å². The van der Waals surface area contributed by atoms with Gasteiger partial charge in [-0.2, -0.15) is 5.10 Å². The largest absolute Gasteiger partial charge is 0.307 e. The highest BCUT2D eigenvalue weighted by atomic mass is 35.5. The summed E-state index contributed by atoms with van der Waals surface area (Å²) in [7, 11) is 6.38. The van der Waals surface area contributed by atoms with Gasteiger partial charge in [-0.25, -0.2) is 0 Å². The molecule has 0 aromatic carbocycles. The average molecular weight is 313 g/mol. The number of hydrogen-bond acceptors (Lipinski definition) is 3. The van der Waals surface area contributed by atoms with Crippen LogP contribution in [0.25, 0.3) is 0 Å². The van der Waals surface area contributed by atoms with Crippen molar-refractivity contribution >= 4 is 11.6 Å². The smallest absolute Gasteiger partial charge is 0.0834 e. The summed E-state index contributed by atoms with van der Waals surface area (Å²) < 4.78 is 1.93. The maximum Gasteiger partial charge on any atom is 0.0834 e. The summed E-state index contributed by atoms with van der Waals surface area (Å²) in [4.78, 5) is 2.40. The van der Waals surface area contributed by atoms with Crippen LogP contribution >= 0.6 is 11.6 Å². The summed E-state index contributed by atoms with van der Waals surface area (Å²) in [5.41, 5.74) is 1.22. The van der Waals surface area contributed by atoms with Crippen LogP contribution in [-0.4, -0.2) is 40.9 Å². The van der Waals surface area contributed by atoms with Crippen molar-refractivity contribution in [3.8, 4) is 0 Å². The molecule has 1 heterocycles. The standard InChI is InChI=1S/C16H29ClN4/c1-6-18-15(14-13(17)11-19-21(14)5)16(20(3)4)9-7-12(2)8-10-16/h11-12,15,18H,6-10H2,1-5H3. The molecule has 0 aliphatic heterocycles. The SMILES string of the molecule is CCNC(c1c(Cl)cnn1C)C1(N(C)C)CCC(C)CC1. The van der Waals surface area contributed by atoms with Crippen LogP contribution in [0.3, 0.4) is 0 Å². The minimum atomic E-state index is 0.111. The summed E-state index contributed by atoms with van der Waals surface area (Å²) in [6.07, 6.45) is 6.70. The van der Waals surface area contributed by atoms with E-state index in [9.17, 15) is 0 Å². The van der Waals surface area contributed by atoms with E-state index < -0.39 is 0 Å². The molecule has 4 nitrogen and oxygen atoms in total. The fraction of sp³-hybridized carbons (Fsp3) is 0.812. The van der Waals surface area contributed by atoms with Crippen LogP contribution in [0.1, 0.15) is 51.3 Å². The molecule has 1 fully saturated rings. The molecule has 0 amide bonds. The predicted molar refractivity (Wildman–Crippen MR) is 88.7 cm³/mol. The molecule has 1 atom stereocenters. The third kappa shape index (κ3) is 3.13. The van der Waals surface area contributed by atoms with Crippen LogP contribution in [0.15, 0.2) is 6.20 Å². The number of nitrogens with one attached hydrogen (secondary N) is 1. The molecule has 0 bridgehead atoms. The van der Waals surface area contributed by atoms with Crippen LogP contribution in [0.5, 0.6) is 0 Å². The lowest BCUT2D eigenvalue weighted by Crippen LogP contribution is -2.56. The molecule has 1 saturated carbocycles. The van der Waals surface area contributed by atoms with Crippen molar-refractivity contribution in [2.24, 2.45) is 13.0 Å². The van der Waals surface area contributed by atoms with Crippen LogP contribution in [-0.2, 0) is 7.05 Å². The lowest BCUT2D eigenvalue weighted by Gasteiger charge is -2.50. The molecule has 0 saturated heterocycles. The Morgan fingerprint density at radius 2 is 2.10 bits per heavy atom. The van der Waals surface area contributed by atoms with Crippen LogP contribution in [0, 0.1) is 5.92 Å². The zero-order valence-corrected chi connectivity index (χ0v) is 14.7. The van der Waals surface area contributed by atoms with Crippen molar-refractivity contribution < 1.29 is 0 Å². The van der Waals surface area contributed by atoms with Gasteiger partial charge in [-0.15, -0.1) is 0 Å². The number of hydrogen-bond donors (Lipinski definition) is 1. The summed E-state index contributed by atoms with van der Waals surface area (Å²) in [6, 6.07) is 0.213. The van der Waals surface area contributed by atoms with Gasteiger partial charge in [0.2, 0.25) is 0 Å². The number of halogens is 1. The topological polar surface area (TPSA) is 33.1 Å². The number of nitrogens with zero attached hydrogens (tertiary/aromatic N) is 3. The molecule has 0 radical (unpaired) electrons. The molecular weight excluding hydrogens is 284 g/mol. The Kier molecular flexibility index (Phi) is 5.33. The second-order valence-corrected chi connectivity index (χ2v) is 7.08. The molecule has 1 aromatic heterocycles. The molecule has 5 heteroatoms. The van der Waals surface area contributed by atoms with Gasteiger partial charge in [-0.05, 0) is 52.2 Å². The summed E-state index contributed by atoms with van der Waals surface area (Å²) >= 11 is 6.45. The Balaban J connectivity index is 2.43. The number of rotatable bonds is 5. The van der Waals surface area contributed by atoms with Gasteiger partial charge >= 0.3 is 0 Å². The fourth-order valence-corrected chi connectivity index (χ4v) is 4.02. The molecule has 21 heavy (non-hydrogen) atoms. The molecule has 1 unspecified atom stereocenters. The van der Waals surface area contributed by atoms with Crippen molar-refractivity contribution in [2.75, 3.05) is 20.6 Å². The summed E-state index contributed by atoms with van der Waals surface area (Å²) in [5.74, 6) is 0.822. The fourth-order valence-electron chi connectivity index (χ4n) is 3.75. The average Bonchev–Trinajstić information content (AvgIpc) is 2.77. The molecular formula is C16H29ClN4. The van der Waals surface area contributed by atoms with E-state index in [1.54, 1.807) is 6.20 Å². The third-order valence-corrected chi connectivity index (χ3v) is 5.48. The van der Waals surface area contributed by atoms with E-state index in [0.717, 1.165) is 23.2 Å². The van der Waals surface area contributed by atoms with E-state index in [0.29, 0.717) is 0 Å². The van der Waals surface area contributed by atoms with Crippen LogP contribution < -0.4 is 5.32 Å². The quantitative estimate of drug-likeness (QED) is 0.906. The van der Waals surface area contributed by atoms with Crippen molar-refractivity contribution in [3.05, 3.63) is 16.9 Å². The monoisotopic (exact) mass is 312 g/mol. The number of aryl methyl sites for hydroxylation is 1. The molecule has 120 valence electrons. The zero-order chi connectivity index (χ0) is 15.6. The normalized spacial score (nSPS) is 28.0. The molecule has 1 aromatic rings. The second-order valence-electron chi connectivity index (χ2n) is 6.67. The summed E-state index contributed by atoms with van der Waals surface area (Å²) in [6.45, 7) is 5.45. The van der Waals surface area contributed by atoms with Crippen molar-refractivity contribution in [2.45, 2.75) is 51.1 Å². The molecule has 2 rings (SSSR count). The lowest BCUT2D eigenvalue weighted by atomic mass is 9.71. The number of aromatic nitrogens is 2. The predicted octanol–water partition coefficient (Wildman–Crippen LogP) is 3.23. The number of likely N-dealkylation sites (N-methyl/N-ethyl adjacent to an activating group) is 2. The van der Waals surface area contributed by atoms with E-state index in [1.807, 2.05) is 11.7 Å². The molecule has 1 aliphatic rings. The van der Waals surface area contributed by atoms with Crippen molar-refractivity contribution in [1.82, 2.24) is 20.0 Å². The van der Waals surface area contributed by atoms with Gasteiger partial charge in [0.25, 0.3) is 0 Å². The lowest BCUT2D eigenvalue weighted by molar-refractivity contribution is 0.0407. The maximum absolute atomic E-state index is 6.45. The Labute approximate surface area is 133 Å². The Bertz CT molecular complexity index is 441. The van der Waals surface area contributed by atoms with E-state index in [2.05, 4.69) is 43.3 Å². The highest BCUT2D eigenvalue weighted by Gasteiger charge is 2.45. The van der Waals surface area contributed by atoms with Gasteiger partial charge in [0.1, 0.15) is 0 Å². The molecule has 1 aliphatic carbocycles. The minimum Gasteiger partial charge on any atom is -0.307 e. The van der Waals surface area contributed by atoms with E-state index >= 15 is 0 Å². The minimum absolute atomic E-state index is 0.111. The van der Waals surface area contributed by atoms with E-state index in [-0.39, 0.29) is 11.6 Å². The third-order valence-electron chi connectivity index (χ3n) is 5.19. The van der Waals surface area contributed by atoms with Crippen LogP contribution in [0.2, 0.25) is 5.02 Å². The molecule has 0 spiro atoms. The Morgan fingerprint density at radius 1 is 1.48 bits per heavy atom. The first-order valence-corrected chi connectivity index (χ1v) is 8.38. The first-order chi connectivity index (χ1) is 9.92. The van der Waals surface area contributed by atoms with Crippen LogP contribution in [0.4, 0.5) is 0 Å². The van der Waals surface area contributed by atoms with Gasteiger partial charge in [0.15, 0.2) is 0 Å². The zero-order valence-electron chi connectivity index (χ0n) is 14.0. The first-order valence-electron chi connectivity index (χ1n) is 8.00. The highest BCUT2D eigenvalue weighted by Crippen LogP contribution is 2.44. The van der Waals surface area contributed by atoms with Gasteiger partial charge < -0.3 is 10.2 Å². The van der Waals surface area contributed by atoms with Gasteiger partial charge in [0, 0.05) is 12.6 Å².